The molecule has 0 saturated carbocycles. The third kappa shape index (κ3) is 1.79. The molecule has 0 aromatic carbocycles. The minimum Gasteiger partial charge on any atom is -0.306 e. The Balaban J connectivity index is 1.77. The van der Waals surface area contributed by atoms with E-state index < -0.39 is 10.0 Å². The zero-order chi connectivity index (χ0) is 11.2. The third-order valence-corrected chi connectivity index (χ3v) is 6.95. The highest BCUT2D eigenvalue weighted by atomic mass is 32.2. The van der Waals surface area contributed by atoms with Crippen LogP contribution in [0.25, 0.3) is 0 Å². The second-order valence-corrected chi connectivity index (χ2v) is 8.03. The summed E-state index contributed by atoms with van der Waals surface area (Å²) in [6.45, 7) is 1.39. The number of nitrogens with one attached hydrogen (secondary N) is 1. The molecule has 2 unspecified atom stereocenters. The summed E-state index contributed by atoms with van der Waals surface area (Å²) in [4.78, 5) is 0. The van der Waals surface area contributed by atoms with Crippen molar-refractivity contribution in [2.24, 2.45) is 0 Å². The Labute approximate surface area is 101 Å². The van der Waals surface area contributed by atoms with Crippen LogP contribution in [0.1, 0.15) is 19.3 Å². The van der Waals surface area contributed by atoms with Gasteiger partial charge in [-0.3, -0.25) is 0 Å². The van der Waals surface area contributed by atoms with E-state index in [-0.39, 0.29) is 5.25 Å². The molecule has 0 aliphatic carbocycles. The Hall–Kier alpha value is 0.220. The van der Waals surface area contributed by atoms with E-state index in [0.29, 0.717) is 19.1 Å². The molecule has 3 aliphatic heterocycles. The normalized spacial score (nSPS) is 37.0. The lowest BCUT2D eigenvalue weighted by Gasteiger charge is -2.30. The molecule has 3 aliphatic rings. The number of fused-ring (bicyclic) bond motifs is 2. The van der Waals surface area contributed by atoms with Crippen LogP contribution in [0.5, 0.6) is 0 Å². The van der Waals surface area contributed by atoms with Crippen LogP contribution < -0.4 is 5.32 Å². The fourth-order valence-electron chi connectivity index (χ4n) is 2.85. The van der Waals surface area contributed by atoms with Crippen molar-refractivity contribution >= 4 is 21.8 Å². The van der Waals surface area contributed by atoms with Crippen LogP contribution in [0.4, 0.5) is 0 Å². The molecule has 0 aromatic rings. The number of hydrogen-bond acceptors (Lipinski definition) is 4. The second kappa shape index (κ2) is 4.15. The molecule has 6 heteroatoms. The van der Waals surface area contributed by atoms with Crippen molar-refractivity contribution in [2.45, 2.75) is 30.6 Å². The Bertz CT molecular complexity index is 365. The molecule has 2 atom stereocenters. The molecule has 4 nitrogen and oxygen atoms in total. The van der Waals surface area contributed by atoms with Gasteiger partial charge in [-0.05, 0) is 19.3 Å². The molecule has 3 heterocycles. The van der Waals surface area contributed by atoms with Gasteiger partial charge in [-0.15, -0.1) is 0 Å². The molecular weight excluding hydrogens is 244 g/mol. The maximum Gasteiger partial charge on any atom is 0.218 e. The van der Waals surface area contributed by atoms with Crippen molar-refractivity contribution in [3.05, 3.63) is 6.04 Å². The van der Waals surface area contributed by atoms with Crippen LogP contribution in [0.15, 0.2) is 0 Å². The first-order valence-electron chi connectivity index (χ1n) is 5.87. The average molecular weight is 261 g/mol. The van der Waals surface area contributed by atoms with Gasteiger partial charge in [-0.1, -0.05) is 0 Å². The van der Waals surface area contributed by atoms with Gasteiger partial charge in [0.1, 0.15) is 0 Å². The standard InChI is InChI=1S/C10H17N2O2S2/c13-16(14,12-3-5-15-6-4-12)10-7-8-1-2-9(10)11-8/h8,10-11H,1-7H2. The van der Waals surface area contributed by atoms with Crippen LogP contribution in [-0.2, 0) is 10.0 Å². The van der Waals surface area contributed by atoms with Crippen molar-refractivity contribution in [1.29, 1.82) is 0 Å². The van der Waals surface area contributed by atoms with Crippen LogP contribution in [0.3, 0.4) is 0 Å². The molecule has 3 saturated heterocycles. The largest absolute Gasteiger partial charge is 0.306 e. The highest BCUT2D eigenvalue weighted by Gasteiger charge is 2.48. The molecule has 1 radical (unpaired) electrons. The highest BCUT2D eigenvalue weighted by molar-refractivity contribution is 7.99. The summed E-state index contributed by atoms with van der Waals surface area (Å²) in [5.41, 5.74) is 0. The van der Waals surface area contributed by atoms with Crippen molar-refractivity contribution in [3.63, 3.8) is 0 Å². The summed E-state index contributed by atoms with van der Waals surface area (Å²) >= 11 is 1.84. The van der Waals surface area contributed by atoms with E-state index in [2.05, 4.69) is 5.32 Å². The van der Waals surface area contributed by atoms with Gasteiger partial charge in [0, 0.05) is 30.6 Å². The van der Waals surface area contributed by atoms with Gasteiger partial charge in [0.2, 0.25) is 10.0 Å². The third-order valence-electron chi connectivity index (χ3n) is 3.73. The zero-order valence-electron chi connectivity index (χ0n) is 9.18. The summed E-state index contributed by atoms with van der Waals surface area (Å²) in [5.74, 6) is 1.89. The predicted molar refractivity (Wildman–Crippen MR) is 65.6 cm³/mol. The lowest BCUT2D eigenvalue weighted by Crippen LogP contribution is -2.45. The smallest absolute Gasteiger partial charge is 0.218 e. The van der Waals surface area contributed by atoms with Crippen LogP contribution in [0.2, 0.25) is 0 Å². The number of rotatable bonds is 2. The van der Waals surface area contributed by atoms with E-state index >= 15 is 0 Å². The van der Waals surface area contributed by atoms with Crippen molar-refractivity contribution in [1.82, 2.24) is 9.62 Å². The number of nitrogens with zero attached hydrogens (tertiary/aromatic N) is 1. The lowest BCUT2D eigenvalue weighted by atomic mass is 10.0. The molecule has 0 spiro atoms. The van der Waals surface area contributed by atoms with Gasteiger partial charge < -0.3 is 5.32 Å². The van der Waals surface area contributed by atoms with E-state index in [1.807, 2.05) is 11.8 Å². The second-order valence-electron chi connectivity index (χ2n) is 4.69. The predicted octanol–water partition coefficient (Wildman–Crippen LogP) is 0.421. The van der Waals surface area contributed by atoms with E-state index in [9.17, 15) is 8.42 Å². The maximum absolute atomic E-state index is 12.4. The van der Waals surface area contributed by atoms with E-state index in [1.165, 1.54) is 0 Å². The summed E-state index contributed by atoms with van der Waals surface area (Å²) in [6.07, 6.45) is 2.87. The quantitative estimate of drug-likeness (QED) is 0.783. The molecule has 0 aromatic heterocycles. The van der Waals surface area contributed by atoms with E-state index in [1.54, 1.807) is 4.31 Å². The topological polar surface area (TPSA) is 49.4 Å². The van der Waals surface area contributed by atoms with Crippen molar-refractivity contribution in [3.8, 4) is 0 Å². The first-order valence-corrected chi connectivity index (χ1v) is 8.52. The fraction of sp³-hybridized carbons (Fsp3) is 0.900. The van der Waals surface area contributed by atoms with E-state index in [4.69, 9.17) is 0 Å². The highest BCUT2D eigenvalue weighted by Crippen LogP contribution is 2.39. The van der Waals surface area contributed by atoms with Gasteiger partial charge in [0.05, 0.1) is 11.3 Å². The van der Waals surface area contributed by atoms with Gasteiger partial charge in [-0.2, -0.15) is 16.1 Å². The van der Waals surface area contributed by atoms with Gasteiger partial charge in [-0.25, -0.2) is 8.42 Å². The number of hydrogen-bond donors (Lipinski definition) is 1. The van der Waals surface area contributed by atoms with Crippen LogP contribution >= 0.6 is 11.8 Å². The summed E-state index contributed by atoms with van der Waals surface area (Å²) in [5, 5.41) is 3.10. The molecule has 0 amide bonds. The minimum absolute atomic E-state index is 0.227. The van der Waals surface area contributed by atoms with Crippen LogP contribution in [-0.4, -0.2) is 48.6 Å². The van der Waals surface area contributed by atoms with Gasteiger partial charge >= 0.3 is 0 Å². The summed E-state index contributed by atoms with van der Waals surface area (Å²) in [7, 11) is -3.07. The Kier molecular flexibility index (Phi) is 2.94. The summed E-state index contributed by atoms with van der Waals surface area (Å²) < 4.78 is 26.6. The Morgan fingerprint density at radius 2 is 2.06 bits per heavy atom. The van der Waals surface area contributed by atoms with Crippen molar-refractivity contribution in [2.75, 3.05) is 24.6 Å². The Morgan fingerprint density at radius 1 is 1.31 bits per heavy atom. The van der Waals surface area contributed by atoms with E-state index in [0.717, 1.165) is 36.8 Å². The molecule has 3 rings (SSSR count). The lowest BCUT2D eigenvalue weighted by molar-refractivity contribution is 0.429. The molecule has 91 valence electrons. The van der Waals surface area contributed by atoms with Crippen molar-refractivity contribution < 1.29 is 8.42 Å². The van der Waals surface area contributed by atoms with Gasteiger partial charge in [0.15, 0.2) is 0 Å². The molecular formula is C10H17N2O2S2. The SMILES string of the molecule is O=S(=O)(C1CC2CC[C]1N2)N1CCSCC1. The van der Waals surface area contributed by atoms with Gasteiger partial charge in [0.25, 0.3) is 0 Å². The molecule has 16 heavy (non-hydrogen) atoms. The van der Waals surface area contributed by atoms with Crippen LogP contribution in [0, 0.1) is 6.04 Å². The first kappa shape index (κ1) is 11.3. The monoisotopic (exact) mass is 261 g/mol. The maximum atomic E-state index is 12.4. The minimum atomic E-state index is -3.07. The molecule has 2 bridgehead atoms. The zero-order valence-corrected chi connectivity index (χ0v) is 10.8. The first-order chi connectivity index (χ1) is 7.68. The number of sulfonamides is 1. The Morgan fingerprint density at radius 3 is 2.62 bits per heavy atom. The average Bonchev–Trinajstić information content (AvgIpc) is 2.92. The fourth-order valence-corrected chi connectivity index (χ4v) is 6.06. The number of thioether (sulfide) groups is 1. The summed E-state index contributed by atoms with van der Waals surface area (Å²) in [6, 6.07) is 1.50. The molecule has 3 fully saturated rings. The molecule has 1 N–H and O–H groups in total.